The number of nitro groups is 1. The van der Waals surface area contributed by atoms with Crippen LogP contribution in [0.5, 0.6) is 5.75 Å². The first-order valence-corrected chi connectivity index (χ1v) is 9.56. The molecule has 0 heterocycles. The second-order valence-electron chi connectivity index (χ2n) is 6.46. The molecule has 0 spiro atoms. The van der Waals surface area contributed by atoms with Crippen molar-refractivity contribution in [3.05, 3.63) is 33.9 Å². The number of nitro benzene ring substituents is 1. The first-order chi connectivity index (χ1) is 12.1. The van der Waals surface area contributed by atoms with E-state index in [1.54, 1.807) is 0 Å². The van der Waals surface area contributed by atoms with Gasteiger partial charge in [-0.2, -0.15) is 0 Å². The minimum absolute atomic E-state index is 0.0237. The second-order valence-corrected chi connectivity index (χ2v) is 6.46. The normalized spacial score (nSPS) is 10.6. The van der Waals surface area contributed by atoms with Gasteiger partial charge in [0.25, 0.3) is 5.69 Å². The van der Waals surface area contributed by atoms with Crippen LogP contribution in [0.4, 0.5) is 5.69 Å². The monoisotopic (exact) mass is 349 g/mol. The van der Waals surface area contributed by atoms with Gasteiger partial charge in [-0.25, -0.2) is 0 Å². The van der Waals surface area contributed by atoms with Gasteiger partial charge in [0, 0.05) is 24.1 Å². The summed E-state index contributed by atoms with van der Waals surface area (Å²) in [5.74, 6) is 0.181. The van der Waals surface area contributed by atoms with Gasteiger partial charge in [-0.05, 0) is 18.9 Å². The molecule has 0 aliphatic heterocycles. The maximum Gasteiger partial charge on any atom is 0.311 e. The van der Waals surface area contributed by atoms with Crippen LogP contribution in [0.25, 0.3) is 0 Å². The molecule has 0 aliphatic carbocycles. The zero-order chi connectivity index (χ0) is 18.5. The summed E-state index contributed by atoms with van der Waals surface area (Å²) in [5, 5.41) is 10.8. The Labute approximate surface area is 150 Å². The number of nitrogens with zero attached hydrogens (tertiary/aromatic N) is 1. The molecule has 0 unspecified atom stereocenters. The number of ether oxygens (including phenoxy) is 1. The molecule has 5 nitrogen and oxygen atoms in total. The fourth-order valence-electron chi connectivity index (χ4n) is 2.81. The van der Waals surface area contributed by atoms with E-state index < -0.39 is 4.92 Å². The molecule has 0 radical (unpaired) electrons. The highest BCUT2D eigenvalue weighted by Gasteiger charge is 2.13. The van der Waals surface area contributed by atoms with Crippen LogP contribution in [0.3, 0.4) is 0 Å². The Balaban J connectivity index is 2.25. The molecule has 140 valence electrons. The number of hydrogen-bond donors (Lipinski definition) is 0. The molecular weight excluding hydrogens is 318 g/mol. The van der Waals surface area contributed by atoms with Gasteiger partial charge in [0.05, 0.1) is 4.92 Å². The lowest BCUT2D eigenvalue weighted by Gasteiger charge is -2.08. The maximum absolute atomic E-state index is 12.0. The summed E-state index contributed by atoms with van der Waals surface area (Å²) in [7, 11) is 0. The second kappa shape index (κ2) is 12.5. The molecule has 5 heteroatoms. The lowest BCUT2D eigenvalue weighted by Crippen LogP contribution is -2.09. The van der Waals surface area contributed by atoms with E-state index in [1.807, 2.05) is 6.92 Å². The first-order valence-electron chi connectivity index (χ1n) is 9.56. The number of aryl methyl sites for hydroxylation is 1. The Kier molecular flexibility index (Phi) is 10.5. The van der Waals surface area contributed by atoms with Crippen LogP contribution in [-0.2, 0) is 11.2 Å². The van der Waals surface area contributed by atoms with E-state index in [1.165, 1.54) is 56.7 Å². The Morgan fingerprint density at radius 3 is 2.16 bits per heavy atom. The van der Waals surface area contributed by atoms with Gasteiger partial charge in [-0.3, -0.25) is 14.9 Å². The zero-order valence-electron chi connectivity index (χ0n) is 15.6. The van der Waals surface area contributed by atoms with Crippen LogP contribution in [0.1, 0.15) is 83.6 Å². The van der Waals surface area contributed by atoms with E-state index in [9.17, 15) is 14.9 Å². The molecule has 0 fully saturated rings. The van der Waals surface area contributed by atoms with Crippen molar-refractivity contribution in [3.8, 4) is 5.75 Å². The molecule has 1 aromatic rings. The van der Waals surface area contributed by atoms with E-state index in [4.69, 9.17) is 4.74 Å². The fourth-order valence-corrected chi connectivity index (χ4v) is 2.81. The summed E-state index contributed by atoms with van der Waals surface area (Å²) in [6, 6.07) is 4.37. The summed E-state index contributed by atoms with van der Waals surface area (Å²) >= 11 is 0. The fraction of sp³-hybridized carbons (Fsp3) is 0.650. The molecular formula is C20H31NO4. The summed E-state index contributed by atoms with van der Waals surface area (Å²) in [6.45, 7) is 4.11. The molecule has 1 rings (SSSR count). The molecule has 0 saturated carbocycles. The van der Waals surface area contributed by atoms with E-state index in [-0.39, 0.29) is 11.7 Å². The van der Waals surface area contributed by atoms with Gasteiger partial charge in [-0.1, -0.05) is 65.2 Å². The number of rotatable bonds is 13. The third-order valence-corrected chi connectivity index (χ3v) is 4.34. The minimum atomic E-state index is -0.437. The Hall–Kier alpha value is -1.91. The van der Waals surface area contributed by atoms with E-state index in [0.29, 0.717) is 24.2 Å². The zero-order valence-corrected chi connectivity index (χ0v) is 15.6. The molecule has 0 saturated heterocycles. The van der Waals surface area contributed by atoms with Crippen LogP contribution < -0.4 is 4.74 Å². The van der Waals surface area contributed by atoms with E-state index in [0.717, 1.165) is 19.3 Å². The first kappa shape index (κ1) is 21.1. The van der Waals surface area contributed by atoms with Crippen molar-refractivity contribution in [1.29, 1.82) is 0 Å². The smallest absolute Gasteiger partial charge is 0.311 e. The lowest BCUT2D eigenvalue weighted by atomic mass is 10.1. The van der Waals surface area contributed by atoms with Crippen LogP contribution in [0.2, 0.25) is 0 Å². The van der Waals surface area contributed by atoms with E-state index in [2.05, 4.69) is 6.92 Å². The molecule has 0 amide bonds. The predicted molar refractivity (Wildman–Crippen MR) is 100.0 cm³/mol. The maximum atomic E-state index is 12.0. The minimum Gasteiger partial charge on any atom is -0.426 e. The highest BCUT2D eigenvalue weighted by Crippen LogP contribution is 2.25. The quantitative estimate of drug-likeness (QED) is 0.144. The number of non-ortho nitro benzene ring substituents is 1. The van der Waals surface area contributed by atoms with Gasteiger partial charge in [-0.15, -0.1) is 0 Å². The van der Waals surface area contributed by atoms with Gasteiger partial charge in [0.15, 0.2) is 0 Å². The third kappa shape index (κ3) is 8.66. The molecule has 0 atom stereocenters. The summed E-state index contributed by atoms with van der Waals surface area (Å²) in [6.07, 6.45) is 11.8. The number of carbonyl (C=O) groups is 1. The van der Waals surface area contributed by atoms with Crippen LogP contribution >= 0.6 is 0 Å². The van der Waals surface area contributed by atoms with Gasteiger partial charge in [0.2, 0.25) is 0 Å². The Morgan fingerprint density at radius 1 is 1.00 bits per heavy atom. The van der Waals surface area contributed by atoms with Crippen molar-refractivity contribution in [1.82, 2.24) is 0 Å². The van der Waals surface area contributed by atoms with Crippen molar-refractivity contribution in [2.45, 2.75) is 84.5 Å². The van der Waals surface area contributed by atoms with Crippen LogP contribution in [0.15, 0.2) is 18.2 Å². The number of carbonyl (C=O) groups excluding carboxylic acids is 1. The molecule has 0 N–H and O–H groups in total. The topological polar surface area (TPSA) is 69.4 Å². The van der Waals surface area contributed by atoms with Crippen LogP contribution in [0, 0.1) is 10.1 Å². The average molecular weight is 349 g/mol. The Bertz CT molecular complexity index is 542. The van der Waals surface area contributed by atoms with Gasteiger partial charge in [0.1, 0.15) is 5.75 Å². The molecule has 1 aromatic carbocycles. The van der Waals surface area contributed by atoms with Crippen molar-refractivity contribution < 1.29 is 14.5 Å². The van der Waals surface area contributed by atoms with Crippen molar-refractivity contribution in [2.75, 3.05) is 0 Å². The van der Waals surface area contributed by atoms with Gasteiger partial charge >= 0.3 is 5.97 Å². The standard InChI is InChI=1S/C20H31NO4/c1-3-5-6-7-8-9-10-11-12-13-20(22)25-19-15-14-18(21(23)24)16-17(19)4-2/h14-16H,3-13H2,1-2H3. The lowest BCUT2D eigenvalue weighted by molar-refractivity contribution is -0.384. The number of unbranched alkanes of at least 4 members (excludes halogenated alkanes) is 8. The van der Waals surface area contributed by atoms with Crippen molar-refractivity contribution >= 4 is 11.7 Å². The van der Waals surface area contributed by atoms with E-state index >= 15 is 0 Å². The van der Waals surface area contributed by atoms with Crippen molar-refractivity contribution in [2.24, 2.45) is 0 Å². The molecule has 0 aromatic heterocycles. The number of esters is 1. The summed E-state index contributed by atoms with van der Waals surface area (Å²) < 4.78 is 5.38. The number of hydrogen-bond acceptors (Lipinski definition) is 4. The molecule has 0 bridgehead atoms. The molecule has 25 heavy (non-hydrogen) atoms. The highest BCUT2D eigenvalue weighted by molar-refractivity contribution is 5.73. The van der Waals surface area contributed by atoms with Crippen molar-refractivity contribution in [3.63, 3.8) is 0 Å². The highest BCUT2D eigenvalue weighted by atomic mass is 16.6. The van der Waals surface area contributed by atoms with Gasteiger partial charge < -0.3 is 4.74 Å². The summed E-state index contributed by atoms with van der Waals surface area (Å²) in [4.78, 5) is 22.3. The third-order valence-electron chi connectivity index (χ3n) is 4.34. The summed E-state index contributed by atoms with van der Waals surface area (Å²) in [5.41, 5.74) is 0.713. The Morgan fingerprint density at radius 2 is 1.60 bits per heavy atom. The molecule has 0 aliphatic rings. The van der Waals surface area contributed by atoms with Crippen LogP contribution in [-0.4, -0.2) is 10.9 Å². The number of benzene rings is 1. The predicted octanol–water partition coefficient (Wildman–Crippen LogP) is 5.98. The average Bonchev–Trinajstić information content (AvgIpc) is 2.60. The largest absolute Gasteiger partial charge is 0.426 e. The SMILES string of the molecule is CCCCCCCCCCCC(=O)Oc1ccc([N+](=O)[O-])cc1CC.